The Morgan fingerprint density at radius 2 is 1.23 bits per heavy atom. The summed E-state index contributed by atoms with van der Waals surface area (Å²) in [5.74, 6) is -9.07. The van der Waals surface area contributed by atoms with Gasteiger partial charge in [-0.25, -0.2) is 35.1 Å². The van der Waals surface area contributed by atoms with Crippen molar-refractivity contribution in [3.63, 3.8) is 0 Å². The van der Waals surface area contributed by atoms with Gasteiger partial charge in [0.05, 0.1) is 5.56 Å². The average Bonchev–Trinajstić information content (AvgIpc) is 2.90. The first-order valence-electron chi connectivity index (χ1n) is 11.4. The van der Waals surface area contributed by atoms with E-state index in [1.807, 2.05) is 0 Å². The van der Waals surface area contributed by atoms with Crippen LogP contribution in [0.25, 0.3) is 39.2 Å². The first-order valence-corrected chi connectivity index (χ1v) is 11.4. The van der Waals surface area contributed by atoms with E-state index in [0.29, 0.717) is 23.3 Å². The summed E-state index contributed by atoms with van der Waals surface area (Å²) < 4.78 is 117. The standard InChI is InChI=1S/C30H18F8O/c1-2-3-22(32)29(38)18-8-9-21(23(33)10-18)17-6-4-16(5-7-17)19-11-24(34)28(25(35)12-19)20-13-26(36)30(39-15-31)27(37)14-20/h2-14H,15H2,1H3. The maximum Gasteiger partial charge on any atom is 0.228 e. The second kappa shape index (κ2) is 11.6. The molecule has 200 valence electrons. The number of hydrogen-bond acceptors (Lipinski definition) is 1. The normalized spacial score (nSPS) is 12.1. The fraction of sp³-hybridized carbons (Fsp3) is 0.0667. The van der Waals surface area contributed by atoms with Gasteiger partial charge in [-0.3, -0.25) is 0 Å². The quantitative estimate of drug-likeness (QED) is 0.166. The topological polar surface area (TPSA) is 9.23 Å². The van der Waals surface area contributed by atoms with E-state index in [9.17, 15) is 35.1 Å². The molecule has 0 fully saturated rings. The monoisotopic (exact) mass is 546 g/mol. The highest BCUT2D eigenvalue weighted by atomic mass is 19.2. The molecule has 0 heterocycles. The number of allylic oxidation sites excluding steroid dienone is 3. The van der Waals surface area contributed by atoms with Gasteiger partial charge in [0, 0.05) is 11.1 Å². The van der Waals surface area contributed by atoms with Gasteiger partial charge in [0.25, 0.3) is 0 Å². The zero-order valence-corrected chi connectivity index (χ0v) is 20.1. The van der Waals surface area contributed by atoms with E-state index in [2.05, 4.69) is 4.74 Å². The van der Waals surface area contributed by atoms with Gasteiger partial charge in [-0.15, -0.1) is 0 Å². The fourth-order valence-corrected chi connectivity index (χ4v) is 4.00. The molecule has 9 heteroatoms. The summed E-state index contributed by atoms with van der Waals surface area (Å²) in [6.45, 7) is 0.0129. The third kappa shape index (κ3) is 5.72. The van der Waals surface area contributed by atoms with E-state index in [-0.39, 0.29) is 16.7 Å². The predicted molar refractivity (Wildman–Crippen MR) is 133 cm³/mol. The molecule has 0 atom stereocenters. The molecule has 0 amide bonds. The van der Waals surface area contributed by atoms with Crippen molar-refractivity contribution < 1.29 is 39.9 Å². The third-order valence-electron chi connectivity index (χ3n) is 5.80. The van der Waals surface area contributed by atoms with Gasteiger partial charge >= 0.3 is 0 Å². The van der Waals surface area contributed by atoms with Crippen molar-refractivity contribution in [2.45, 2.75) is 6.92 Å². The lowest BCUT2D eigenvalue weighted by molar-refractivity contribution is 0.176. The molecule has 0 bridgehead atoms. The molecule has 0 aliphatic carbocycles. The molecule has 0 saturated carbocycles. The summed E-state index contributed by atoms with van der Waals surface area (Å²) in [5.41, 5.74) is -0.563. The highest BCUT2D eigenvalue weighted by molar-refractivity contribution is 5.75. The first kappa shape index (κ1) is 27.6. The van der Waals surface area contributed by atoms with Crippen molar-refractivity contribution in [2.24, 2.45) is 0 Å². The maximum atomic E-state index is 14.9. The summed E-state index contributed by atoms with van der Waals surface area (Å²) in [6.07, 6.45) is 2.21. The van der Waals surface area contributed by atoms with Crippen LogP contribution in [-0.4, -0.2) is 6.86 Å². The van der Waals surface area contributed by atoms with Crippen molar-refractivity contribution >= 4 is 5.83 Å². The first-order chi connectivity index (χ1) is 18.6. The molecule has 1 nitrogen and oxygen atoms in total. The number of ether oxygens (including phenoxy) is 1. The van der Waals surface area contributed by atoms with Crippen molar-refractivity contribution in [3.05, 3.63) is 119 Å². The number of hydrogen-bond donors (Lipinski definition) is 0. The smallest absolute Gasteiger partial charge is 0.228 e. The molecule has 4 aromatic carbocycles. The van der Waals surface area contributed by atoms with Crippen LogP contribution in [0.1, 0.15) is 12.5 Å². The van der Waals surface area contributed by atoms with Crippen LogP contribution in [0.3, 0.4) is 0 Å². The number of halogens is 8. The van der Waals surface area contributed by atoms with Crippen molar-refractivity contribution in [2.75, 3.05) is 6.86 Å². The Morgan fingerprint density at radius 3 is 1.77 bits per heavy atom. The average molecular weight is 546 g/mol. The zero-order valence-electron chi connectivity index (χ0n) is 20.1. The second-order valence-corrected chi connectivity index (χ2v) is 8.27. The molecule has 0 radical (unpaired) electrons. The molecular formula is C30H18F8O. The van der Waals surface area contributed by atoms with Crippen LogP contribution < -0.4 is 4.74 Å². The molecule has 0 unspecified atom stereocenters. The van der Waals surface area contributed by atoms with Gasteiger partial charge in [0.2, 0.25) is 6.86 Å². The largest absolute Gasteiger partial charge is 0.457 e. The van der Waals surface area contributed by atoms with Gasteiger partial charge in [0.1, 0.15) is 17.5 Å². The minimum atomic E-state index is -1.49. The van der Waals surface area contributed by atoms with Gasteiger partial charge in [-0.2, -0.15) is 0 Å². The Kier molecular flexibility index (Phi) is 8.18. The molecular weight excluding hydrogens is 528 g/mol. The van der Waals surface area contributed by atoms with Gasteiger partial charge < -0.3 is 4.74 Å². The van der Waals surface area contributed by atoms with E-state index in [1.54, 1.807) is 0 Å². The number of benzene rings is 4. The van der Waals surface area contributed by atoms with Gasteiger partial charge in [0.15, 0.2) is 29.0 Å². The van der Waals surface area contributed by atoms with Crippen molar-refractivity contribution in [1.82, 2.24) is 0 Å². The molecule has 4 rings (SSSR count). The summed E-state index contributed by atoms with van der Waals surface area (Å²) in [7, 11) is 0. The van der Waals surface area contributed by atoms with E-state index in [4.69, 9.17) is 0 Å². The molecule has 0 N–H and O–H groups in total. The van der Waals surface area contributed by atoms with E-state index >= 15 is 0 Å². The lowest BCUT2D eigenvalue weighted by Gasteiger charge is -2.12. The minimum absolute atomic E-state index is 0.0844. The summed E-state index contributed by atoms with van der Waals surface area (Å²) >= 11 is 0. The van der Waals surface area contributed by atoms with Crippen LogP contribution in [0.2, 0.25) is 0 Å². The highest BCUT2D eigenvalue weighted by Gasteiger charge is 2.20. The number of rotatable bonds is 7. The molecule has 0 spiro atoms. The SMILES string of the molecule is CC=CC(F)=C(F)c1ccc(-c2ccc(-c3cc(F)c(-c4cc(F)c(OCF)c(F)c4)c(F)c3)cc2)c(F)c1. The summed E-state index contributed by atoms with van der Waals surface area (Å²) in [5, 5.41) is 0. The zero-order chi connectivity index (χ0) is 28.3. The molecule has 0 aliphatic rings. The highest BCUT2D eigenvalue weighted by Crippen LogP contribution is 2.36. The Bertz CT molecular complexity index is 1540. The Labute approximate surface area is 218 Å². The molecule has 4 aromatic rings. The van der Waals surface area contributed by atoms with Crippen molar-refractivity contribution in [3.8, 4) is 39.1 Å². The minimum Gasteiger partial charge on any atom is -0.457 e. The fourth-order valence-electron chi connectivity index (χ4n) is 4.00. The molecule has 0 saturated heterocycles. The summed E-state index contributed by atoms with van der Waals surface area (Å²) in [4.78, 5) is 0. The second-order valence-electron chi connectivity index (χ2n) is 8.27. The Balaban J connectivity index is 1.64. The summed E-state index contributed by atoms with van der Waals surface area (Å²) in [6, 6.07) is 12.4. The molecule has 39 heavy (non-hydrogen) atoms. The lowest BCUT2D eigenvalue weighted by atomic mass is 9.96. The van der Waals surface area contributed by atoms with E-state index < -0.39 is 64.5 Å². The van der Waals surface area contributed by atoms with Crippen LogP contribution in [0, 0.1) is 29.1 Å². The van der Waals surface area contributed by atoms with Crippen molar-refractivity contribution in [1.29, 1.82) is 0 Å². The van der Waals surface area contributed by atoms with Gasteiger partial charge in [-0.1, -0.05) is 42.5 Å². The number of alkyl halides is 1. The molecule has 0 aromatic heterocycles. The Morgan fingerprint density at radius 1 is 0.667 bits per heavy atom. The Hall–Kier alpha value is -4.40. The van der Waals surface area contributed by atoms with Crippen LogP contribution >= 0.6 is 0 Å². The maximum absolute atomic E-state index is 14.9. The third-order valence-corrected chi connectivity index (χ3v) is 5.80. The van der Waals surface area contributed by atoms with E-state index in [0.717, 1.165) is 24.3 Å². The molecule has 0 aliphatic heterocycles. The lowest BCUT2D eigenvalue weighted by Crippen LogP contribution is -1.99. The predicted octanol–water partition coefficient (Wildman–Crippen LogP) is 9.87. The van der Waals surface area contributed by atoms with Crippen LogP contribution in [0.4, 0.5) is 35.1 Å². The van der Waals surface area contributed by atoms with Crippen LogP contribution in [-0.2, 0) is 0 Å². The van der Waals surface area contributed by atoms with Crippen LogP contribution in [0.15, 0.2) is 84.7 Å². The van der Waals surface area contributed by atoms with E-state index in [1.165, 1.54) is 49.4 Å². The van der Waals surface area contributed by atoms with Crippen LogP contribution in [0.5, 0.6) is 5.75 Å². The van der Waals surface area contributed by atoms with Gasteiger partial charge in [-0.05, 0) is 65.6 Å².